The number of nitrogens with two attached hydrogens (primary N) is 1. The molecule has 15 heavy (non-hydrogen) atoms. The van der Waals surface area contributed by atoms with Crippen molar-refractivity contribution in [1.82, 2.24) is 0 Å². The van der Waals surface area contributed by atoms with Crippen LogP contribution in [0.4, 0.5) is 5.69 Å². The topological polar surface area (TPSA) is 64.7 Å². The molecule has 0 aromatic heterocycles. The number of hydrogen-bond acceptors (Lipinski definition) is 3. The number of carbonyl (C=O) groups is 1. The lowest BCUT2D eigenvalue weighted by Crippen LogP contribution is -2.06. The van der Waals surface area contributed by atoms with Crippen molar-refractivity contribution in [3.05, 3.63) is 36.1 Å². The van der Waals surface area contributed by atoms with Crippen LogP contribution in [0.1, 0.15) is 6.42 Å². The van der Waals surface area contributed by atoms with Crippen LogP contribution in [0.2, 0.25) is 0 Å². The Morgan fingerprint density at radius 2 is 2.13 bits per heavy atom. The Bertz CT molecular complexity index is 450. The van der Waals surface area contributed by atoms with Gasteiger partial charge in [0.1, 0.15) is 11.5 Å². The van der Waals surface area contributed by atoms with Crippen LogP contribution in [0.3, 0.4) is 0 Å². The zero-order chi connectivity index (χ0) is 10.7. The summed E-state index contributed by atoms with van der Waals surface area (Å²) in [4.78, 5) is 14.4. The average Bonchev–Trinajstić information content (AvgIpc) is 2.25. The van der Waals surface area contributed by atoms with E-state index in [0.717, 1.165) is 0 Å². The van der Waals surface area contributed by atoms with E-state index in [2.05, 4.69) is 4.99 Å². The minimum atomic E-state index is -0.164. The number of allylic oxidation sites excluding steroid dienone is 1. The molecule has 0 atom stereocenters. The summed E-state index contributed by atoms with van der Waals surface area (Å²) in [6.07, 6.45) is 3.36. The van der Waals surface area contributed by atoms with Crippen molar-refractivity contribution < 1.29 is 9.53 Å². The summed E-state index contributed by atoms with van der Waals surface area (Å²) in [6, 6.07) is 7.17. The predicted molar refractivity (Wildman–Crippen MR) is 57.7 cm³/mol. The molecule has 0 bridgehead atoms. The highest BCUT2D eigenvalue weighted by Crippen LogP contribution is 2.22. The van der Waals surface area contributed by atoms with Crippen LogP contribution in [0, 0.1) is 0 Å². The maximum atomic E-state index is 10.8. The Labute approximate surface area is 87.1 Å². The first kappa shape index (κ1) is 9.45. The third-order valence-corrected chi connectivity index (χ3v) is 1.96. The smallest absolute Gasteiger partial charge is 0.249 e. The van der Waals surface area contributed by atoms with Crippen LogP contribution < -0.4 is 10.5 Å². The number of anilines is 1. The van der Waals surface area contributed by atoms with Crippen molar-refractivity contribution in [1.29, 1.82) is 0 Å². The molecule has 1 aliphatic rings. The number of ether oxygens (including phenoxy) is 1. The molecular weight excluding hydrogens is 192 g/mol. The van der Waals surface area contributed by atoms with Gasteiger partial charge in [-0.05, 0) is 18.2 Å². The van der Waals surface area contributed by atoms with E-state index in [4.69, 9.17) is 10.5 Å². The first-order valence-electron chi connectivity index (χ1n) is 4.55. The van der Waals surface area contributed by atoms with Gasteiger partial charge >= 0.3 is 0 Å². The van der Waals surface area contributed by atoms with Crippen molar-refractivity contribution in [3.63, 3.8) is 0 Å². The second kappa shape index (κ2) is 3.96. The number of amides is 1. The first-order valence-corrected chi connectivity index (χ1v) is 4.55. The van der Waals surface area contributed by atoms with E-state index < -0.39 is 0 Å². The van der Waals surface area contributed by atoms with E-state index in [1.807, 2.05) is 12.1 Å². The molecule has 0 aliphatic carbocycles. The maximum Gasteiger partial charge on any atom is 0.249 e. The fraction of sp³-hybridized carbons (Fsp3) is 0.0909. The van der Waals surface area contributed by atoms with Gasteiger partial charge in [0.15, 0.2) is 0 Å². The molecule has 4 nitrogen and oxygen atoms in total. The van der Waals surface area contributed by atoms with Gasteiger partial charge in [0, 0.05) is 0 Å². The SMILES string of the molecule is Nc1ccccc1OC1=CCC(=O)N=C1. The second-order valence-corrected chi connectivity index (χ2v) is 3.10. The van der Waals surface area contributed by atoms with Crippen LogP contribution in [-0.4, -0.2) is 12.1 Å². The molecule has 0 radical (unpaired) electrons. The van der Waals surface area contributed by atoms with Crippen LogP contribution in [0.5, 0.6) is 5.75 Å². The van der Waals surface area contributed by atoms with Gasteiger partial charge in [-0.1, -0.05) is 12.1 Å². The van der Waals surface area contributed by atoms with Gasteiger partial charge in [0.05, 0.1) is 18.3 Å². The Morgan fingerprint density at radius 3 is 2.80 bits per heavy atom. The molecule has 2 N–H and O–H groups in total. The highest BCUT2D eigenvalue weighted by Gasteiger charge is 2.07. The number of benzene rings is 1. The second-order valence-electron chi connectivity index (χ2n) is 3.10. The van der Waals surface area contributed by atoms with Crippen molar-refractivity contribution in [3.8, 4) is 5.75 Å². The Balaban J connectivity index is 2.14. The molecule has 76 valence electrons. The standard InChI is InChI=1S/C11H10N2O2/c12-9-3-1-2-4-10(9)15-8-5-6-11(14)13-7-8/h1-5,7H,6,12H2. The number of dihydropyridines is 1. The molecule has 1 aromatic carbocycles. The number of aliphatic imine (C=N–C) groups is 1. The molecule has 2 rings (SSSR count). The number of para-hydroxylation sites is 2. The third-order valence-electron chi connectivity index (χ3n) is 1.96. The fourth-order valence-electron chi connectivity index (χ4n) is 1.20. The van der Waals surface area contributed by atoms with Gasteiger partial charge in [-0.2, -0.15) is 0 Å². The van der Waals surface area contributed by atoms with Crippen LogP contribution in [-0.2, 0) is 4.79 Å². The summed E-state index contributed by atoms with van der Waals surface area (Å²) in [5.41, 5.74) is 6.26. The normalized spacial score (nSPS) is 14.9. The molecule has 0 fully saturated rings. The van der Waals surface area contributed by atoms with E-state index in [1.54, 1.807) is 18.2 Å². The molecule has 0 spiro atoms. The number of hydrogen-bond donors (Lipinski definition) is 1. The maximum absolute atomic E-state index is 10.8. The van der Waals surface area contributed by atoms with Crippen LogP contribution >= 0.6 is 0 Å². The highest BCUT2D eigenvalue weighted by atomic mass is 16.5. The summed E-state index contributed by atoms with van der Waals surface area (Å²) in [5, 5.41) is 0. The summed E-state index contributed by atoms with van der Waals surface area (Å²) in [6.45, 7) is 0. The number of rotatable bonds is 2. The minimum Gasteiger partial charge on any atom is -0.454 e. The molecular formula is C11H10N2O2. The molecule has 1 aliphatic heterocycles. The van der Waals surface area contributed by atoms with Crippen LogP contribution in [0.15, 0.2) is 41.1 Å². The number of nitrogen functional groups attached to an aromatic ring is 1. The molecule has 0 saturated carbocycles. The fourth-order valence-corrected chi connectivity index (χ4v) is 1.20. The van der Waals surface area contributed by atoms with Gasteiger partial charge < -0.3 is 10.5 Å². The van der Waals surface area contributed by atoms with E-state index in [-0.39, 0.29) is 12.3 Å². The molecule has 0 unspecified atom stereocenters. The predicted octanol–water partition coefficient (Wildman–Crippen LogP) is 1.53. The summed E-state index contributed by atoms with van der Waals surface area (Å²) >= 11 is 0. The van der Waals surface area contributed by atoms with Crippen LogP contribution in [0.25, 0.3) is 0 Å². The average molecular weight is 202 g/mol. The number of carbonyl (C=O) groups excluding carboxylic acids is 1. The Kier molecular flexibility index (Phi) is 2.49. The Hall–Kier alpha value is -2.10. The molecule has 4 heteroatoms. The lowest BCUT2D eigenvalue weighted by molar-refractivity contribution is -0.117. The van der Waals surface area contributed by atoms with Crippen molar-refractivity contribution in [2.45, 2.75) is 6.42 Å². The van der Waals surface area contributed by atoms with E-state index in [0.29, 0.717) is 17.2 Å². The van der Waals surface area contributed by atoms with Gasteiger partial charge in [-0.15, -0.1) is 0 Å². The van der Waals surface area contributed by atoms with Gasteiger partial charge in [0.2, 0.25) is 5.91 Å². The van der Waals surface area contributed by atoms with E-state index in [1.165, 1.54) is 6.21 Å². The molecule has 1 heterocycles. The number of nitrogens with zero attached hydrogens (tertiary/aromatic N) is 1. The molecule has 1 amide bonds. The monoisotopic (exact) mass is 202 g/mol. The molecule has 0 saturated heterocycles. The quantitative estimate of drug-likeness (QED) is 0.739. The van der Waals surface area contributed by atoms with E-state index >= 15 is 0 Å². The minimum absolute atomic E-state index is 0.164. The molecule has 1 aromatic rings. The summed E-state index contributed by atoms with van der Waals surface area (Å²) in [5.74, 6) is 0.959. The van der Waals surface area contributed by atoms with E-state index in [9.17, 15) is 4.79 Å². The van der Waals surface area contributed by atoms with Crippen molar-refractivity contribution in [2.75, 3.05) is 5.73 Å². The zero-order valence-corrected chi connectivity index (χ0v) is 8.01. The van der Waals surface area contributed by atoms with Crippen molar-refractivity contribution in [2.24, 2.45) is 4.99 Å². The van der Waals surface area contributed by atoms with Gasteiger partial charge in [0.25, 0.3) is 0 Å². The third kappa shape index (κ3) is 2.22. The largest absolute Gasteiger partial charge is 0.454 e. The van der Waals surface area contributed by atoms with Crippen molar-refractivity contribution >= 4 is 17.8 Å². The lowest BCUT2D eigenvalue weighted by atomic mass is 10.3. The summed E-state index contributed by atoms with van der Waals surface area (Å²) < 4.78 is 5.47. The summed E-state index contributed by atoms with van der Waals surface area (Å²) in [7, 11) is 0. The Morgan fingerprint density at radius 1 is 1.33 bits per heavy atom. The zero-order valence-electron chi connectivity index (χ0n) is 8.01. The van der Waals surface area contributed by atoms with Gasteiger partial charge in [-0.3, -0.25) is 4.79 Å². The van der Waals surface area contributed by atoms with Gasteiger partial charge in [-0.25, -0.2) is 4.99 Å². The highest BCUT2D eigenvalue weighted by molar-refractivity contribution is 5.94. The first-order chi connectivity index (χ1) is 7.25. The lowest BCUT2D eigenvalue weighted by Gasteiger charge is -2.09.